The molecule has 0 aliphatic heterocycles. The SMILES string of the molecule is COc1ccc(C(C)N=S(=O)(NCC(C)O)c2ccc(Nc3ccnc4c(OC)nccc34)cc2)cc1. The maximum Gasteiger partial charge on any atom is 0.240 e. The van der Waals surface area contributed by atoms with Gasteiger partial charge in [-0.3, -0.25) is 4.98 Å². The molecule has 0 bridgehead atoms. The molecule has 0 amide bonds. The van der Waals surface area contributed by atoms with Gasteiger partial charge in [0.2, 0.25) is 5.88 Å². The van der Waals surface area contributed by atoms with E-state index in [2.05, 4.69) is 24.4 Å². The number of aromatic nitrogens is 2. The Morgan fingerprint density at radius 1 is 0.946 bits per heavy atom. The third-order valence-electron chi connectivity index (χ3n) is 5.75. The monoisotopic (exact) mass is 521 g/mol. The van der Waals surface area contributed by atoms with Crippen molar-refractivity contribution < 1.29 is 18.8 Å². The lowest BCUT2D eigenvalue weighted by Crippen LogP contribution is -2.31. The minimum Gasteiger partial charge on any atom is -0.497 e. The molecular formula is C27H31N5O4S. The van der Waals surface area contributed by atoms with Gasteiger partial charge in [-0.05, 0) is 67.9 Å². The molecular weight excluding hydrogens is 490 g/mol. The first kappa shape index (κ1) is 26.3. The van der Waals surface area contributed by atoms with E-state index in [1.165, 1.54) is 0 Å². The van der Waals surface area contributed by atoms with Crippen LogP contribution < -0.4 is 19.5 Å². The fourth-order valence-electron chi connectivity index (χ4n) is 3.77. The molecule has 3 unspecified atom stereocenters. The number of hydrogen-bond acceptors (Lipinski definition) is 8. The summed E-state index contributed by atoms with van der Waals surface area (Å²) in [6, 6.07) is 18.1. The molecule has 10 heteroatoms. The maximum absolute atomic E-state index is 14.1. The minimum absolute atomic E-state index is 0.135. The molecule has 194 valence electrons. The van der Waals surface area contributed by atoms with Gasteiger partial charge in [0.25, 0.3) is 0 Å². The zero-order chi connectivity index (χ0) is 26.4. The average molecular weight is 522 g/mol. The van der Waals surface area contributed by atoms with Crippen molar-refractivity contribution in [2.75, 3.05) is 26.1 Å². The van der Waals surface area contributed by atoms with Gasteiger partial charge in [0.15, 0.2) is 0 Å². The number of nitrogens with zero attached hydrogens (tertiary/aromatic N) is 3. The number of benzene rings is 2. The number of hydrogen-bond donors (Lipinski definition) is 3. The predicted octanol–water partition coefficient (Wildman–Crippen LogP) is 4.86. The Kier molecular flexibility index (Phi) is 8.22. The Labute approximate surface area is 217 Å². The predicted molar refractivity (Wildman–Crippen MR) is 146 cm³/mol. The first-order valence-electron chi connectivity index (χ1n) is 11.8. The van der Waals surface area contributed by atoms with Crippen LogP contribution in [0.3, 0.4) is 0 Å². The van der Waals surface area contributed by atoms with Crippen LogP contribution in [0, 0.1) is 0 Å². The first-order chi connectivity index (χ1) is 17.8. The van der Waals surface area contributed by atoms with Crippen molar-refractivity contribution in [2.45, 2.75) is 30.9 Å². The smallest absolute Gasteiger partial charge is 0.240 e. The van der Waals surface area contributed by atoms with Crippen molar-refractivity contribution in [2.24, 2.45) is 4.36 Å². The highest BCUT2D eigenvalue weighted by molar-refractivity contribution is 7.91. The Balaban J connectivity index is 1.64. The number of nitrogens with one attached hydrogen (secondary N) is 2. The highest BCUT2D eigenvalue weighted by Crippen LogP contribution is 2.30. The van der Waals surface area contributed by atoms with Gasteiger partial charge in [-0.15, -0.1) is 0 Å². The summed E-state index contributed by atoms with van der Waals surface area (Å²) in [6.07, 6.45) is 2.68. The zero-order valence-corrected chi connectivity index (χ0v) is 22.0. The fourth-order valence-corrected chi connectivity index (χ4v) is 5.67. The summed E-state index contributed by atoms with van der Waals surface area (Å²) in [5.74, 6) is 1.19. The molecule has 4 aromatic rings. The summed E-state index contributed by atoms with van der Waals surface area (Å²) >= 11 is 0. The summed E-state index contributed by atoms with van der Waals surface area (Å²) in [4.78, 5) is 9.11. The summed E-state index contributed by atoms with van der Waals surface area (Å²) in [5, 5.41) is 14.1. The van der Waals surface area contributed by atoms with Crippen LogP contribution in [-0.2, 0) is 9.92 Å². The Morgan fingerprint density at radius 2 is 1.65 bits per heavy atom. The van der Waals surface area contributed by atoms with E-state index in [9.17, 15) is 9.32 Å². The standard InChI is InChI=1S/C27H31N5O4S/c1-18(33)17-30-37(34,32-19(2)20-5-9-22(35-3)10-6-20)23-11-7-21(8-12-23)31-25-14-16-28-26-24(25)13-15-29-27(26)36-4/h5-16,18-19,33H,17H2,1-4H3,(H,28,31)(H,30,32,34). The molecule has 9 nitrogen and oxygen atoms in total. The normalized spacial score (nSPS) is 14.4. The summed E-state index contributed by atoms with van der Waals surface area (Å²) in [6.45, 7) is 3.66. The largest absolute Gasteiger partial charge is 0.497 e. The van der Waals surface area contributed by atoms with Crippen molar-refractivity contribution in [3.8, 4) is 11.6 Å². The Morgan fingerprint density at radius 3 is 2.30 bits per heavy atom. The van der Waals surface area contributed by atoms with Gasteiger partial charge in [0.05, 0.1) is 31.3 Å². The Bertz CT molecular complexity index is 1470. The number of rotatable bonds is 10. The molecule has 2 aromatic carbocycles. The van der Waals surface area contributed by atoms with Crippen LogP contribution in [0.15, 0.2) is 82.3 Å². The number of aliphatic hydroxyl groups excluding tert-OH is 1. The number of methoxy groups -OCH3 is 2. The number of aliphatic hydroxyl groups is 1. The van der Waals surface area contributed by atoms with Crippen LogP contribution in [0.2, 0.25) is 0 Å². The zero-order valence-electron chi connectivity index (χ0n) is 21.2. The molecule has 0 saturated heterocycles. The van der Waals surface area contributed by atoms with Gasteiger partial charge in [0, 0.05) is 35.7 Å². The molecule has 2 heterocycles. The van der Waals surface area contributed by atoms with Crippen molar-refractivity contribution in [3.05, 3.63) is 78.6 Å². The van der Waals surface area contributed by atoms with Crippen LogP contribution in [-0.4, -0.2) is 46.2 Å². The van der Waals surface area contributed by atoms with Gasteiger partial charge >= 0.3 is 0 Å². The van der Waals surface area contributed by atoms with Gasteiger partial charge < -0.3 is 19.9 Å². The molecule has 2 aromatic heterocycles. The first-order valence-corrected chi connectivity index (χ1v) is 13.3. The topological polar surface area (TPSA) is 118 Å². The molecule has 0 radical (unpaired) electrons. The molecule has 3 atom stereocenters. The van der Waals surface area contributed by atoms with E-state index in [4.69, 9.17) is 9.47 Å². The quantitative estimate of drug-likeness (QED) is 0.273. The summed E-state index contributed by atoms with van der Waals surface area (Å²) in [5.41, 5.74) is 3.19. The van der Waals surface area contributed by atoms with Crippen LogP contribution in [0.5, 0.6) is 11.6 Å². The lowest BCUT2D eigenvalue weighted by Gasteiger charge is -2.17. The van der Waals surface area contributed by atoms with Gasteiger partial charge in [-0.2, -0.15) is 0 Å². The number of anilines is 2. The maximum atomic E-state index is 14.1. The lowest BCUT2D eigenvalue weighted by molar-refractivity contribution is 0.199. The van der Waals surface area contributed by atoms with Crippen molar-refractivity contribution in [1.29, 1.82) is 0 Å². The second-order valence-corrected chi connectivity index (χ2v) is 10.5. The molecule has 3 N–H and O–H groups in total. The molecule has 0 aliphatic rings. The van der Waals surface area contributed by atoms with E-state index in [1.807, 2.05) is 55.5 Å². The van der Waals surface area contributed by atoms with Crippen LogP contribution in [0.1, 0.15) is 25.5 Å². The van der Waals surface area contributed by atoms with E-state index in [0.717, 1.165) is 28.1 Å². The second-order valence-electron chi connectivity index (χ2n) is 8.50. The molecule has 0 saturated carbocycles. The highest BCUT2D eigenvalue weighted by Gasteiger charge is 2.17. The number of fused-ring (bicyclic) bond motifs is 1. The third-order valence-corrected chi connectivity index (χ3v) is 7.83. The van der Waals surface area contributed by atoms with E-state index in [1.54, 1.807) is 45.7 Å². The van der Waals surface area contributed by atoms with E-state index in [0.29, 0.717) is 16.3 Å². The molecule has 37 heavy (non-hydrogen) atoms. The number of pyridine rings is 2. The second kappa shape index (κ2) is 11.5. The van der Waals surface area contributed by atoms with Crippen LogP contribution in [0.25, 0.3) is 10.9 Å². The molecule has 0 aliphatic carbocycles. The van der Waals surface area contributed by atoms with E-state index < -0.39 is 16.0 Å². The van der Waals surface area contributed by atoms with Crippen LogP contribution >= 0.6 is 0 Å². The fraction of sp³-hybridized carbons (Fsp3) is 0.259. The summed E-state index contributed by atoms with van der Waals surface area (Å²) in [7, 11) is 0.134. The average Bonchev–Trinajstić information content (AvgIpc) is 2.92. The van der Waals surface area contributed by atoms with E-state index in [-0.39, 0.29) is 12.6 Å². The van der Waals surface area contributed by atoms with Gasteiger partial charge in [-0.25, -0.2) is 18.3 Å². The van der Waals surface area contributed by atoms with Crippen molar-refractivity contribution in [3.63, 3.8) is 0 Å². The Hall–Kier alpha value is -3.73. The lowest BCUT2D eigenvalue weighted by atomic mass is 10.1. The molecule has 0 spiro atoms. The van der Waals surface area contributed by atoms with Crippen LogP contribution in [0.4, 0.5) is 11.4 Å². The van der Waals surface area contributed by atoms with Gasteiger partial charge in [-0.1, -0.05) is 12.1 Å². The van der Waals surface area contributed by atoms with Crippen molar-refractivity contribution >= 4 is 32.2 Å². The minimum atomic E-state index is -3.04. The number of ether oxygens (including phenoxy) is 2. The molecule has 4 rings (SSSR count). The molecule has 0 fully saturated rings. The van der Waals surface area contributed by atoms with E-state index >= 15 is 0 Å². The third kappa shape index (κ3) is 6.16. The van der Waals surface area contributed by atoms with Crippen molar-refractivity contribution in [1.82, 2.24) is 14.7 Å². The summed E-state index contributed by atoms with van der Waals surface area (Å²) < 4.78 is 32.2. The van der Waals surface area contributed by atoms with Gasteiger partial charge in [0.1, 0.15) is 21.2 Å². The highest BCUT2D eigenvalue weighted by atomic mass is 32.2.